The van der Waals surface area contributed by atoms with Crippen LogP contribution < -0.4 is 5.63 Å². The van der Waals surface area contributed by atoms with Crippen molar-refractivity contribution in [3.63, 3.8) is 0 Å². The highest BCUT2D eigenvalue weighted by molar-refractivity contribution is 5.80. The summed E-state index contributed by atoms with van der Waals surface area (Å²) in [4.78, 5) is 16.9. The van der Waals surface area contributed by atoms with Crippen molar-refractivity contribution in [3.8, 4) is 0 Å². The molecular formula is C23H26N2O2. The maximum absolute atomic E-state index is 11.9. The third kappa shape index (κ3) is 4.29. The van der Waals surface area contributed by atoms with Crippen LogP contribution in [0.4, 0.5) is 0 Å². The van der Waals surface area contributed by atoms with E-state index in [4.69, 9.17) is 4.42 Å². The van der Waals surface area contributed by atoms with Gasteiger partial charge in [-0.1, -0.05) is 42.0 Å². The smallest absolute Gasteiger partial charge is 0.336 e. The fourth-order valence-corrected chi connectivity index (χ4v) is 3.77. The molecule has 2 aromatic carbocycles. The van der Waals surface area contributed by atoms with Gasteiger partial charge in [-0.3, -0.25) is 9.80 Å². The van der Waals surface area contributed by atoms with Crippen molar-refractivity contribution >= 4 is 11.0 Å². The van der Waals surface area contributed by atoms with Crippen molar-refractivity contribution in [2.45, 2.75) is 26.9 Å². The molecule has 0 spiro atoms. The second-order valence-corrected chi connectivity index (χ2v) is 7.63. The highest BCUT2D eigenvalue weighted by atomic mass is 16.4. The number of rotatable bonds is 4. The van der Waals surface area contributed by atoms with Gasteiger partial charge in [0.2, 0.25) is 0 Å². The first-order chi connectivity index (χ1) is 13.1. The van der Waals surface area contributed by atoms with Crippen molar-refractivity contribution < 1.29 is 4.42 Å². The molecule has 0 saturated carbocycles. The lowest BCUT2D eigenvalue weighted by atomic mass is 10.1. The molecule has 4 nitrogen and oxygen atoms in total. The summed E-state index contributed by atoms with van der Waals surface area (Å²) in [5, 5.41) is 1.04. The van der Waals surface area contributed by atoms with Crippen LogP contribution in [0.3, 0.4) is 0 Å². The lowest BCUT2D eigenvalue weighted by Gasteiger charge is -2.34. The molecule has 0 radical (unpaired) electrons. The van der Waals surface area contributed by atoms with E-state index in [2.05, 4.69) is 53.1 Å². The zero-order valence-electron chi connectivity index (χ0n) is 16.1. The van der Waals surface area contributed by atoms with E-state index in [-0.39, 0.29) is 5.63 Å². The maximum atomic E-state index is 11.9. The van der Waals surface area contributed by atoms with Crippen LogP contribution in [0.5, 0.6) is 0 Å². The lowest BCUT2D eigenvalue weighted by Crippen LogP contribution is -2.45. The molecule has 1 aliphatic heterocycles. The predicted molar refractivity (Wildman–Crippen MR) is 109 cm³/mol. The second kappa shape index (κ2) is 7.67. The van der Waals surface area contributed by atoms with Gasteiger partial charge in [-0.25, -0.2) is 4.79 Å². The summed E-state index contributed by atoms with van der Waals surface area (Å²) in [6.07, 6.45) is 0. The first-order valence-corrected chi connectivity index (χ1v) is 9.60. The van der Waals surface area contributed by atoms with Crippen LogP contribution in [-0.4, -0.2) is 36.0 Å². The van der Waals surface area contributed by atoms with Crippen LogP contribution in [0.2, 0.25) is 0 Å². The Labute approximate surface area is 160 Å². The Morgan fingerprint density at radius 2 is 1.44 bits per heavy atom. The largest absolute Gasteiger partial charge is 0.423 e. The van der Waals surface area contributed by atoms with E-state index in [0.29, 0.717) is 5.58 Å². The summed E-state index contributed by atoms with van der Waals surface area (Å²) < 4.78 is 5.38. The SMILES string of the molecule is Cc1ccc(CN2CCN(Cc3cc(=O)oc4cc(C)ccc34)CC2)cc1. The van der Waals surface area contributed by atoms with Gasteiger partial charge in [0.25, 0.3) is 0 Å². The molecule has 1 fully saturated rings. The Hall–Kier alpha value is -2.43. The summed E-state index contributed by atoms with van der Waals surface area (Å²) in [5.41, 5.74) is 5.27. The van der Waals surface area contributed by atoms with Gasteiger partial charge in [0.1, 0.15) is 5.58 Å². The fourth-order valence-electron chi connectivity index (χ4n) is 3.77. The molecule has 0 aliphatic carbocycles. The first-order valence-electron chi connectivity index (χ1n) is 9.60. The summed E-state index contributed by atoms with van der Waals surface area (Å²) in [7, 11) is 0. The number of hydrogen-bond donors (Lipinski definition) is 0. The molecular weight excluding hydrogens is 336 g/mol. The predicted octanol–water partition coefficient (Wildman–Crippen LogP) is 3.73. The summed E-state index contributed by atoms with van der Waals surface area (Å²) in [6, 6.07) is 16.5. The number of fused-ring (bicyclic) bond motifs is 1. The van der Waals surface area contributed by atoms with E-state index in [1.807, 2.05) is 13.0 Å². The number of piperazine rings is 1. The van der Waals surface area contributed by atoms with Crippen LogP contribution in [-0.2, 0) is 13.1 Å². The third-order valence-electron chi connectivity index (χ3n) is 5.37. The van der Waals surface area contributed by atoms with Crippen LogP contribution in [0, 0.1) is 13.8 Å². The van der Waals surface area contributed by atoms with Gasteiger partial charge in [-0.05, 0) is 36.6 Å². The highest BCUT2D eigenvalue weighted by Gasteiger charge is 2.18. The summed E-state index contributed by atoms with van der Waals surface area (Å²) >= 11 is 0. The molecule has 1 aliphatic rings. The van der Waals surface area contributed by atoms with Crippen LogP contribution >= 0.6 is 0 Å². The second-order valence-electron chi connectivity index (χ2n) is 7.63. The minimum atomic E-state index is -0.263. The Bertz CT molecular complexity index is 983. The van der Waals surface area contributed by atoms with Gasteiger partial charge in [-0.2, -0.15) is 0 Å². The average Bonchev–Trinajstić information content (AvgIpc) is 2.64. The van der Waals surface area contributed by atoms with E-state index in [0.717, 1.165) is 55.8 Å². The number of benzene rings is 2. The van der Waals surface area contributed by atoms with E-state index in [1.165, 1.54) is 11.1 Å². The van der Waals surface area contributed by atoms with Crippen molar-refractivity contribution in [3.05, 3.63) is 81.2 Å². The molecule has 4 heteroatoms. The molecule has 27 heavy (non-hydrogen) atoms. The number of aryl methyl sites for hydroxylation is 2. The Morgan fingerprint density at radius 3 is 2.15 bits per heavy atom. The molecule has 0 N–H and O–H groups in total. The van der Waals surface area contributed by atoms with E-state index in [1.54, 1.807) is 6.07 Å². The summed E-state index contributed by atoms with van der Waals surface area (Å²) in [5.74, 6) is 0. The van der Waals surface area contributed by atoms with Gasteiger partial charge in [0, 0.05) is 50.7 Å². The van der Waals surface area contributed by atoms with E-state index < -0.39 is 0 Å². The maximum Gasteiger partial charge on any atom is 0.336 e. The Balaban J connectivity index is 1.41. The Kier molecular flexibility index (Phi) is 5.10. The van der Waals surface area contributed by atoms with Gasteiger partial charge >= 0.3 is 5.63 Å². The van der Waals surface area contributed by atoms with Gasteiger partial charge in [-0.15, -0.1) is 0 Å². The average molecular weight is 362 g/mol. The number of hydrogen-bond acceptors (Lipinski definition) is 4. The molecule has 0 bridgehead atoms. The molecule has 1 saturated heterocycles. The van der Waals surface area contributed by atoms with E-state index in [9.17, 15) is 4.79 Å². The van der Waals surface area contributed by atoms with Crippen LogP contribution in [0.15, 0.2) is 57.7 Å². The molecule has 140 valence electrons. The fraction of sp³-hybridized carbons (Fsp3) is 0.348. The molecule has 0 atom stereocenters. The van der Waals surface area contributed by atoms with Crippen LogP contribution in [0.1, 0.15) is 22.3 Å². The monoisotopic (exact) mass is 362 g/mol. The third-order valence-corrected chi connectivity index (χ3v) is 5.37. The molecule has 4 rings (SSSR count). The van der Waals surface area contributed by atoms with Crippen molar-refractivity contribution in [2.24, 2.45) is 0 Å². The van der Waals surface area contributed by atoms with Crippen molar-refractivity contribution in [1.29, 1.82) is 0 Å². The topological polar surface area (TPSA) is 36.7 Å². The molecule has 0 amide bonds. The van der Waals surface area contributed by atoms with E-state index >= 15 is 0 Å². The molecule has 1 aromatic heterocycles. The van der Waals surface area contributed by atoms with Gasteiger partial charge in [0.15, 0.2) is 0 Å². The van der Waals surface area contributed by atoms with Gasteiger partial charge < -0.3 is 4.42 Å². The number of nitrogens with zero attached hydrogens (tertiary/aromatic N) is 2. The quantitative estimate of drug-likeness (QED) is 0.663. The normalized spacial score (nSPS) is 16.1. The zero-order valence-corrected chi connectivity index (χ0v) is 16.1. The van der Waals surface area contributed by atoms with Crippen molar-refractivity contribution in [2.75, 3.05) is 26.2 Å². The standard InChI is InChI=1S/C23H26N2O2/c1-17-3-6-19(7-4-17)15-24-9-11-25(12-10-24)16-20-14-23(26)27-22-13-18(2)5-8-21(20)22/h3-8,13-14H,9-12,15-16H2,1-2H3. The minimum absolute atomic E-state index is 0.263. The summed E-state index contributed by atoms with van der Waals surface area (Å²) in [6.45, 7) is 10.1. The minimum Gasteiger partial charge on any atom is -0.423 e. The lowest BCUT2D eigenvalue weighted by molar-refractivity contribution is 0.122. The van der Waals surface area contributed by atoms with Gasteiger partial charge in [0.05, 0.1) is 0 Å². The molecule has 2 heterocycles. The van der Waals surface area contributed by atoms with Crippen molar-refractivity contribution in [1.82, 2.24) is 9.80 Å². The Morgan fingerprint density at radius 1 is 0.815 bits per heavy atom. The highest BCUT2D eigenvalue weighted by Crippen LogP contribution is 2.20. The zero-order chi connectivity index (χ0) is 18.8. The van der Waals surface area contributed by atoms with Crippen LogP contribution in [0.25, 0.3) is 11.0 Å². The first kappa shape index (κ1) is 18.0. The molecule has 3 aromatic rings. The molecule has 0 unspecified atom stereocenters.